The van der Waals surface area contributed by atoms with Crippen LogP contribution in [0.25, 0.3) is 11.0 Å². The molecule has 110 valence electrons. The molecular formula is C14H15ClFN5. The minimum absolute atomic E-state index is 0.250. The van der Waals surface area contributed by atoms with Gasteiger partial charge in [0.1, 0.15) is 23.8 Å². The van der Waals surface area contributed by atoms with Gasteiger partial charge in [0.2, 0.25) is 0 Å². The maximum Gasteiger partial charge on any atom is 0.134 e. The van der Waals surface area contributed by atoms with E-state index in [2.05, 4.69) is 15.2 Å². The molecule has 1 aromatic carbocycles. The second-order valence-corrected chi connectivity index (χ2v) is 5.63. The Labute approximate surface area is 126 Å². The normalized spacial score (nSPS) is 13.0. The Bertz CT molecular complexity index is 777. The summed E-state index contributed by atoms with van der Waals surface area (Å²) < 4.78 is 17.3. The number of halogens is 2. The van der Waals surface area contributed by atoms with Gasteiger partial charge in [-0.25, -0.2) is 9.37 Å². The van der Waals surface area contributed by atoms with Crippen LogP contribution in [0.5, 0.6) is 0 Å². The van der Waals surface area contributed by atoms with Crippen molar-refractivity contribution in [3.8, 4) is 0 Å². The molecule has 0 aliphatic heterocycles. The SMILES string of the molecule is CC(Cl)c1nc2ccc(F)cc2n1CCc1nncn1C. The summed E-state index contributed by atoms with van der Waals surface area (Å²) in [5.74, 6) is 1.32. The van der Waals surface area contributed by atoms with Crippen molar-refractivity contribution in [3.63, 3.8) is 0 Å². The van der Waals surface area contributed by atoms with Gasteiger partial charge in [-0.1, -0.05) is 0 Å². The molecule has 3 aromatic rings. The largest absolute Gasteiger partial charge is 0.326 e. The molecule has 1 unspecified atom stereocenters. The molecule has 0 N–H and O–H groups in total. The Hall–Kier alpha value is -1.95. The van der Waals surface area contributed by atoms with E-state index >= 15 is 0 Å². The molecule has 2 heterocycles. The smallest absolute Gasteiger partial charge is 0.134 e. The van der Waals surface area contributed by atoms with E-state index < -0.39 is 0 Å². The highest BCUT2D eigenvalue weighted by molar-refractivity contribution is 6.20. The van der Waals surface area contributed by atoms with E-state index in [4.69, 9.17) is 11.6 Å². The Morgan fingerprint density at radius 1 is 1.38 bits per heavy atom. The molecule has 21 heavy (non-hydrogen) atoms. The Morgan fingerprint density at radius 2 is 2.19 bits per heavy atom. The van der Waals surface area contributed by atoms with Gasteiger partial charge in [0.15, 0.2) is 0 Å². The van der Waals surface area contributed by atoms with E-state index in [9.17, 15) is 4.39 Å². The average molecular weight is 308 g/mol. The second-order valence-electron chi connectivity index (χ2n) is 4.98. The van der Waals surface area contributed by atoms with Crippen LogP contribution in [-0.2, 0) is 20.0 Å². The lowest BCUT2D eigenvalue weighted by molar-refractivity contribution is 0.619. The number of fused-ring (bicyclic) bond motifs is 1. The fraction of sp³-hybridized carbons (Fsp3) is 0.357. The van der Waals surface area contributed by atoms with Crippen molar-refractivity contribution < 1.29 is 4.39 Å². The zero-order valence-electron chi connectivity index (χ0n) is 11.8. The van der Waals surface area contributed by atoms with Gasteiger partial charge in [0.25, 0.3) is 0 Å². The molecule has 0 saturated carbocycles. The van der Waals surface area contributed by atoms with Crippen LogP contribution in [0.3, 0.4) is 0 Å². The van der Waals surface area contributed by atoms with Crippen molar-refractivity contribution in [2.75, 3.05) is 0 Å². The standard InChI is InChI=1S/C14H15ClFN5/c1-9(15)14-18-11-4-3-10(16)7-12(11)21(14)6-5-13-19-17-8-20(13)2/h3-4,7-9H,5-6H2,1-2H3. The van der Waals surface area contributed by atoms with Crippen molar-refractivity contribution in [3.05, 3.63) is 42.0 Å². The van der Waals surface area contributed by atoms with E-state index in [0.29, 0.717) is 13.0 Å². The van der Waals surface area contributed by atoms with Crippen LogP contribution in [0.2, 0.25) is 0 Å². The van der Waals surface area contributed by atoms with Crippen LogP contribution in [0.4, 0.5) is 4.39 Å². The molecule has 0 spiro atoms. The molecule has 0 aliphatic carbocycles. The van der Waals surface area contributed by atoms with Crippen molar-refractivity contribution in [1.29, 1.82) is 0 Å². The summed E-state index contributed by atoms with van der Waals surface area (Å²) in [4.78, 5) is 4.50. The van der Waals surface area contributed by atoms with E-state index in [0.717, 1.165) is 22.7 Å². The van der Waals surface area contributed by atoms with Crippen molar-refractivity contribution in [2.24, 2.45) is 7.05 Å². The topological polar surface area (TPSA) is 48.5 Å². The van der Waals surface area contributed by atoms with Gasteiger partial charge in [0, 0.05) is 20.0 Å². The van der Waals surface area contributed by atoms with Crippen LogP contribution in [0, 0.1) is 5.82 Å². The lowest BCUT2D eigenvalue weighted by atomic mass is 10.3. The third-order valence-electron chi connectivity index (χ3n) is 3.46. The van der Waals surface area contributed by atoms with E-state index in [1.54, 1.807) is 12.4 Å². The third-order valence-corrected chi connectivity index (χ3v) is 3.65. The number of aromatic nitrogens is 5. The predicted molar refractivity (Wildman–Crippen MR) is 78.7 cm³/mol. The number of hydrogen-bond donors (Lipinski definition) is 0. The summed E-state index contributed by atoms with van der Waals surface area (Å²) in [6, 6.07) is 4.57. The summed E-state index contributed by atoms with van der Waals surface area (Å²) in [7, 11) is 1.89. The highest BCUT2D eigenvalue weighted by atomic mass is 35.5. The first-order valence-corrected chi connectivity index (χ1v) is 7.12. The first-order chi connectivity index (χ1) is 10.1. The van der Waals surface area contributed by atoms with Crippen LogP contribution in [-0.4, -0.2) is 24.3 Å². The average Bonchev–Trinajstić information content (AvgIpc) is 3.00. The first-order valence-electron chi connectivity index (χ1n) is 6.69. The molecule has 3 rings (SSSR count). The van der Waals surface area contributed by atoms with Gasteiger partial charge >= 0.3 is 0 Å². The van der Waals surface area contributed by atoms with Crippen molar-refractivity contribution in [2.45, 2.75) is 25.3 Å². The molecule has 0 radical (unpaired) electrons. The van der Waals surface area contributed by atoms with Crippen LogP contribution >= 0.6 is 11.6 Å². The molecule has 7 heteroatoms. The van der Waals surface area contributed by atoms with Gasteiger partial charge in [0.05, 0.1) is 16.4 Å². The summed E-state index contributed by atoms with van der Waals surface area (Å²) in [6.07, 6.45) is 2.33. The quantitative estimate of drug-likeness (QED) is 0.696. The number of benzene rings is 1. The number of hydrogen-bond acceptors (Lipinski definition) is 3. The molecular weight excluding hydrogens is 293 g/mol. The van der Waals surface area contributed by atoms with E-state index in [1.807, 2.05) is 23.1 Å². The Balaban J connectivity index is 2.00. The van der Waals surface area contributed by atoms with Gasteiger partial charge in [-0.3, -0.25) is 0 Å². The fourth-order valence-electron chi connectivity index (χ4n) is 2.40. The summed E-state index contributed by atoms with van der Waals surface area (Å²) in [5.41, 5.74) is 1.50. The number of nitrogens with zero attached hydrogens (tertiary/aromatic N) is 5. The summed E-state index contributed by atoms with van der Waals surface area (Å²) in [5, 5.41) is 7.67. The third kappa shape index (κ3) is 2.63. The molecule has 1 atom stereocenters. The molecule has 0 saturated heterocycles. The van der Waals surface area contributed by atoms with Crippen LogP contribution in [0.15, 0.2) is 24.5 Å². The monoisotopic (exact) mass is 307 g/mol. The maximum absolute atomic E-state index is 13.5. The van der Waals surface area contributed by atoms with Gasteiger partial charge in [-0.05, 0) is 25.1 Å². The number of aryl methyl sites for hydroxylation is 3. The minimum atomic E-state index is -0.281. The highest BCUT2D eigenvalue weighted by Crippen LogP contribution is 2.25. The molecule has 2 aromatic heterocycles. The number of rotatable bonds is 4. The second kappa shape index (κ2) is 5.44. The van der Waals surface area contributed by atoms with Gasteiger partial charge in [-0.2, -0.15) is 0 Å². The number of imidazole rings is 1. The predicted octanol–water partition coefficient (Wildman–Crippen LogP) is 2.85. The summed E-state index contributed by atoms with van der Waals surface area (Å²) >= 11 is 6.20. The molecule has 0 amide bonds. The van der Waals surface area contributed by atoms with Crippen LogP contribution < -0.4 is 0 Å². The van der Waals surface area contributed by atoms with E-state index in [-0.39, 0.29) is 11.2 Å². The molecule has 0 aliphatic rings. The first kappa shape index (κ1) is 14.0. The fourth-order valence-corrected chi connectivity index (χ4v) is 2.57. The van der Waals surface area contributed by atoms with Crippen LogP contribution in [0.1, 0.15) is 23.9 Å². The Morgan fingerprint density at radius 3 is 2.86 bits per heavy atom. The Kier molecular flexibility index (Phi) is 3.63. The molecule has 0 fully saturated rings. The zero-order chi connectivity index (χ0) is 15.0. The van der Waals surface area contributed by atoms with E-state index in [1.165, 1.54) is 12.1 Å². The minimum Gasteiger partial charge on any atom is -0.326 e. The van der Waals surface area contributed by atoms with Crippen molar-refractivity contribution >= 4 is 22.6 Å². The van der Waals surface area contributed by atoms with Crippen molar-refractivity contribution in [1.82, 2.24) is 24.3 Å². The maximum atomic E-state index is 13.5. The van der Waals surface area contributed by atoms with Gasteiger partial charge in [-0.15, -0.1) is 21.8 Å². The molecule has 0 bridgehead atoms. The highest BCUT2D eigenvalue weighted by Gasteiger charge is 2.16. The lowest BCUT2D eigenvalue weighted by Gasteiger charge is -2.10. The van der Waals surface area contributed by atoms with Gasteiger partial charge < -0.3 is 9.13 Å². The zero-order valence-corrected chi connectivity index (χ0v) is 12.5. The molecule has 5 nitrogen and oxygen atoms in total. The lowest BCUT2D eigenvalue weighted by Crippen LogP contribution is -2.09. The number of alkyl halides is 1. The summed E-state index contributed by atoms with van der Waals surface area (Å²) in [6.45, 7) is 2.48.